The van der Waals surface area contributed by atoms with E-state index < -0.39 is 10.0 Å². The van der Waals surface area contributed by atoms with Gasteiger partial charge in [0.15, 0.2) is 0 Å². The second-order valence-corrected chi connectivity index (χ2v) is 10.00. The smallest absolute Gasteiger partial charge is 0.244 e. The largest absolute Gasteiger partial charge is 0.374 e. The number of hydrogen-bond donors (Lipinski definition) is 1. The molecule has 160 valence electrons. The summed E-state index contributed by atoms with van der Waals surface area (Å²) in [6.45, 7) is 3.33. The molecule has 1 aliphatic carbocycles. The Hall–Kier alpha value is -2.38. The fourth-order valence-corrected chi connectivity index (χ4v) is 5.82. The second-order valence-electron chi connectivity index (χ2n) is 8.06. The highest BCUT2D eigenvalue weighted by Crippen LogP contribution is 2.28. The van der Waals surface area contributed by atoms with E-state index in [9.17, 15) is 13.2 Å². The molecular formula is C23H29N3O3S. The maximum absolute atomic E-state index is 13.0. The van der Waals surface area contributed by atoms with Crippen LogP contribution in [0.4, 0.5) is 5.69 Å². The Labute approximate surface area is 178 Å². The maximum Gasteiger partial charge on any atom is 0.244 e. The van der Waals surface area contributed by atoms with Gasteiger partial charge in [-0.1, -0.05) is 30.3 Å². The summed E-state index contributed by atoms with van der Waals surface area (Å²) in [5.41, 5.74) is 3.77. The number of amides is 1. The number of carbonyl (C=O) groups is 1. The summed E-state index contributed by atoms with van der Waals surface area (Å²) < 4.78 is 27.0. The lowest BCUT2D eigenvalue weighted by Crippen LogP contribution is -2.53. The molecule has 0 aromatic heterocycles. The molecule has 0 radical (unpaired) electrons. The van der Waals surface area contributed by atoms with Crippen molar-refractivity contribution < 1.29 is 13.2 Å². The van der Waals surface area contributed by atoms with Gasteiger partial charge in [0.25, 0.3) is 0 Å². The maximum atomic E-state index is 13.0. The molecule has 2 aliphatic rings. The zero-order valence-corrected chi connectivity index (χ0v) is 18.2. The Bertz CT molecular complexity index is 1000. The van der Waals surface area contributed by atoms with E-state index in [2.05, 4.69) is 23.5 Å². The molecule has 30 heavy (non-hydrogen) atoms. The van der Waals surface area contributed by atoms with Gasteiger partial charge in [0.2, 0.25) is 15.9 Å². The van der Waals surface area contributed by atoms with Crippen molar-refractivity contribution in [2.24, 2.45) is 0 Å². The topological polar surface area (TPSA) is 69.7 Å². The third kappa shape index (κ3) is 4.23. The number of aryl methyl sites for hydroxylation is 1. The quantitative estimate of drug-likeness (QED) is 0.797. The van der Waals surface area contributed by atoms with Crippen LogP contribution in [0.2, 0.25) is 0 Å². The molecule has 1 atom stereocenters. The predicted octanol–water partition coefficient (Wildman–Crippen LogP) is 2.90. The van der Waals surface area contributed by atoms with Gasteiger partial charge in [0, 0.05) is 31.9 Å². The number of fused-ring (bicyclic) bond motifs is 1. The van der Waals surface area contributed by atoms with Gasteiger partial charge in [-0.25, -0.2) is 8.42 Å². The van der Waals surface area contributed by atoms with E-state index in [1.807, 2.05) is 6.92 Å². The van der Waals surface area contributed by atoms with Gasteiger partial charge in [0.1, 0.15) is 6.04 Å². The Morgan fingerprint density at radius 2 is 1.63 bits per heavy atom. The highest BCUT2D eigenvalue weighted by atomic mass is 32.2. The number of nitrogens with one attached hydrogen (secondary N) is 1. The van der Waals surface area contributed by atoms with Crippen LogP contribution in [0.1, 0.15) is 30.9 Å². The van der Waals surface area contributed by atoms with E-state index in [-0.39, 0.29) is 11.9 Å². The summed E-state index contributed by atoms with van der Waals surface area (Å²) in [6, 6.07) is 14.4. The minimum absolute atomic E-state index is 0.0140. The summed E-state index contributed by atoms with van der Waals surface area (Å²) in [5.74, 6) is 0.0140. The van der Waals surface area contributed by atoms with E-state index >= 15 is 0 Å². The summed E-state index contributed by atoms with van der Waals surface area (Å²) in [5, 5.41) is 3.41. The van der Waals surface area contributed by atoms with Crippen molar-refractivity contribution in [3.05, 3.63) is 59.7 Å². The molecule has 1 N–H and O–H groups in total. The molecule has 1 aliphatic heterocycles. The molecule has 1 amide bonds. The molecule has 2 aromatic carbocycles. The average molecular weight is 428 g/mol. The van der Waals surface area contributed by atoms with Crippen LogP contribution < -0.4 is 5.32 Å². The van der Waals surface area contributed by atoms with Crippen LogP contribution in [0.15, 0.2) is 53.4 Å². The van der Waals surface area contributed by atoms with Crippen LogP contribution in [-0.4, -0.2) is 55.8 Å². The first-order valence-electron chi connectivity index (χ1n) is 10.7. The first-order chi connectivity index (χ1) is 14.5. The molecule has 0 bridgehead atoms. The normalized spacial score (nSPS) is 18.5. The van der Waals surface area contributed by atoms with Crippen LogP contribution in [0.5, 0.6) is 0 Å². The molecular weight excluding hydrogens is 398 g/mol. The van der Waals surface area contributed by atoms with Crippen molar-refractivity contribution >= 4 is 21.6 Å². The number of rotatable bonds is 5. The molecule has 1 heterocycles. The molecule has 6 nitrogen and oxygen atoms in total. The molecule has 0 unspecified atom stereocenters. The van der Waals surface area contributed by atoms with Crippen LogP contribution in [0, 0.1) is 0 Å². The number of piperazine rings is 1. The SMILES string of the molecule is C[C@H](Nc1cccc2c1CCCC2)C(=O)N1CCN(S(=O)(=O)c2ccccc2)CC1. The van der Waals surface area contributed by atoms with Gasteiger partial charge in [-0.2, -0.15) is 4.31 Å². The fraction of sp³-hybridized carbons (Fsp3) is 0.435. The molecule has 0 saturated carbocycles. The lowest BCUT2D eigenvalue weighted by molar-refractivity contribution is -0.132. The zero-order valence-electron chi connectivity index (χ0n) is 17.4. The van der Waals surface area contributed by atoms with Gasteiger partial charge in [-0.15, -0.1) is 0 Å². The van der Waals surface area contributed by atoms with E-state index in [4.69, 9.17) is 0 Å². The van der Waals surface area contributed by atoms with Gasteiger partial charge in [-0.3, -0.25) is 4.79 Å². The average Bonchev–Trinajstić information content (AvgIpc) is 2.79. The first kappa shape index (κ1) is 20.9. The lowest BCUT2D eigenvalue weighted by atomic mass is 9.90. The van der Waals surface area contributed by atoms with Crippen molar-refractivity contribution in [1.82, 2.24) is 9.21 Å². The van der Waals surface area contributed by atoms with Gasteiger partial charge >= 0.3 is 0 Å². The molecule has 4 rings (SSSR count). The zero-order chi connectivity index (χ0) is 21.1. The summed E-state index contributed by atoms with van der Waals surface area (Å²) in [6.07, 6.45) is 4.56. The number of anilines is 1. The molecule has 1 fully saturated rings. The predicted molar refractivity (Wildman–Crippen MR) is 118 cm³/mol. The summed E-state index contributed by atoms with van der Waals surface area (Å²) in [4.78, 5) is 15.1. The number of sulfonamides is 1. The fourth-order valence-electron chi connectivity index (χ4n) is 4.38. The third-order valence-corrected chi connectivity index (χ3v) is 7.98. The first-order valence-corrected chi connectivity index (χ1v) is 12.1. The van der Waals surface area contributed by atoms with Gasteiger partial charge < -0.3 is 10.2 Å². The monoisotopic (exact) mass is 427 g/mol. The molecule has 1 saturated heterocycles. The van der Waals surface area contributed by atoms with E-state index in [1.54, 1.807) is 35.2 Å². The Kier molecular flexibility index (Phi) is 6.11. The van der Waals surface area contributed by atoms with Gasteiger partial charge in [-0.05, 0) is 61.9 Å². The van der Waals surface area contributed by atoms with Crippen LogP contribution in [0.25, 0.3) is 0 Å². The van der Waals surface area contributed by atoms with Crippen molar-refractivity contribution in [1.29, 1.82) is 0 Å². The van der Waals surface area contributed by atoms with E-state index in [1.165, 1.54) is 28.3 Å². The number of hydrogen-bond acceptors (Lipinski definition) is 4. The summed E-state index contributed by atoms with van der Waals surface area (Å²) >= 11 is 0. The Morgan fingerprint density at radius 3 is 2.37 bits per heavy atom. The van der Waals surface area contributed by atoms with Crippen molar-refractivity contribution in [2.45, 2.75) is 43.5 Å². The number of carbonyl (C=O) groups excluding carboxylic acids is 1. The number of nitrogens with zero attached hydrogens (tertiary/aromatic N) is 2. The number of benzene rings is 2. The highest BCUT2D eigenvalue weighted by molar-refractivity contribution is 7.89. The van der Waals surface area contributed by atoms with Crippen molar-refractivity contribution in [2.75, 3.05) is 31.5 Å². The highest BCUT2D eigenvalue weighted by Gasteiger charge is 2.31. The van der Waals surface area contributed by atoms with E-state index in [0.717, 1.165) is 18.5 Å². The van der Waals surface area contributed by atoms with Crippen LogP contribution in [-0.2, 0) is 27.7 Å². The molecule has 0 spiro atoms. The minimum atomic E-state index is -3.51. The molecule has 2 aromatic rings. The Morgan fingerprint density at radius 1 is 0.933 bits per heavy atom. The van der Waals surface area contributed by atoms with Crippen LogP contribution in [0.3, 0.4) is 0 Å². The van der Waals surface area contributed by atoms with Crippen molar-refractivity contribution in [3.8, 4) is 0 Å². The van der Waals surface area contributed by atoms with E-state index in [0.29, 0.717) is 31.1 Å². The standard InChI is InChI=1S/C23H29N3O3S/c1-18(24-22-13-7-9-19-8-5-6-12-21(19)22)23(27)25-14-16-26(17-15-25)30(28,29)20-10-3-2-4-11-20/h2-4,7,9-11,13,18,24H,5-6,8,12,14-17H2,1H3/t18-/m0/s1. The van der Waals surface area contributed by atoms with Crippen LogP contribution >= 0.6 is 0 Å². The van der Waals surface area contributed by atoms with Crippen molar-refractivity contribution in [3.63, 3.8) is 0 Å². The third-order valence-electron chi connectivity index (χ3n) is 6.07. The Balaban J connectivity index is 1.38. The minimum Gasteiger partial charge on any atom is -0.374 e. The molecule has 7 heteroatoms. The van der Waals surface area contributed by atoms with Gasteiger partial charge in [0.05, 0.1) is 4.90 Å². The lowest BCUT2D eigenvalue weighted by Gasteiger charge is -2.35. The summed E-state index contributed by atoms with van der Waals surface area (Å²) in [7, 11) is -3.51. The second kappa shape index (κ2) is 8.78.